The maximum atomic E-state index is 5.56. The van der Waals surface area contributed by atoms with Crippen molar-refractivity contribution in [3.05, 3.63) is 23.3 Å². The smallest absolute Gasteiger partial charge is 0.231 e. The van der Waals surface area contributed by atoms with E-state index in [1.54, 1.807) is 0 Å². The fraction of sp³-hybridized carbons (Fsp3) is 0.647. The van der Waals surface area contributed by atoms with Gasteiger partial charge in [-0.1, -0.05) is 34.1 Å². The highest BCUT2D eigenvalue weighted by molar-refractivity contribution is 5.51. The monoisotopic (exact) mass is 262 g/mol. The van der Waals surface area contributed by atoms with Crippen LogP contribution in [0.5, 0.6) is 11.5 Å². The summed E-state index contributed by atoms with van der Waals surface area (Å²) in [6.45, 7) is 9.46. The fourth-order valence-corrected chi connectivity index (χ4v) is 2.90. The first-order valence-electron chi connectivity index (χ1n) is 7.64. The summed E-state index contributed by atoms with van der Waals surface area (Å²) in [5.41, 5.74) is 2.93. The predicted octanol–water partition coefficient (Wildman–Crippen LogP) is 5.22. The van der Waals surface area contributed by atoms with E-state index in [0.29, 0.717) is 18.6 Å². The number of hydrogen-bond donors (Lipinski definition) is 0. The molecule has 0 amide bonds. The Morgan fingerprint density at radius 2 is 1.63 bits per heavy atom. The Morgan fingerprint density at radius 3 is 2.16 bits per heavy atom. The zero-order valence-corrected chi connectivity index (χ0v) is 12.7. The van der Waals surface area contributed by atoms with E-state index in [1.807, 2.05) is 0 Å². The Kier molecular flexibility index (Phi) is 4.73. The average molecular weight is 262 g/mol. The van der Waals surface area contributed by atoms with Crippen molar-refractivity contribution in [3.8, 4) is 11.5 Å². The van der Waals surface area contributed by atoms with Crippen LogP contribution in [0.15, 0.2) is 12.1 Å². The van der Waals surface area contributed by atoms with E-state index in [0.717, 1.165) is 17.9 Å². The first-order valence-corrected chi connectivity index (χ1v) is 7.64. The van der Waals surface area contributed by atoms with E-state index in [4.69, 9.17) is 9.47 Å². The lowest BCUT2D eigenvalue weighted by Crippen LogP contribution is -2.05. The van der Waals surface area contributed by atoms with Gasteiger partial charge in [0.15, 0.2) is 11.5 Å². The zero-order valence-electron chi connectivity index (χ0n) is 12.7. The van der Waals surface area contributed by atoms with Crippen LogP contribution in [0, 0.1) is 0 Å². The van der Waals surface area contributed by atoms with E-state index < -0.39 is 0 Å². The molecule has 19 heavy (non-hydrogen) atoms. The molecule has 106 valence electrons. The van der Waals surface area contributed by atoms with Crippen molar-refractivity contribution < 1.29 is 9.47 Å². The molecule has 1 aromatic carbocycles. The number of ether oxygens (including phenoxy) is 2. The second-order valence-electron chi connectivity index (χ2n) is 5.54. The van der Waals surface area contributed by atoms with Crippen LogP contribution in [0.4, 0.5) is 0 Å². The van der Waals surface area contributed by atoms with Gasteiger partial charge in [0, 0.05) is 0 Å². The quantitative estimate of drug-likeness (QED) is 0.699. The summed E-state index contributed by atoms with van der Waals surface area (Å²) in [7, 11) is 0. The van der Waals surface area contributed by atoms with Gasteiger partial charge < -0.3 is 9.47 Å². The van der Waals surface area contributed by atoms with Gasteiger partial charge in [0.2, 0.25) is 6.79 Å². The first-order chi connectivity index (χ1) is 9.21. The summed E-state index contributed by atoms with van der Waals surface area (Å²) in [4.78, 5) is 0. The van der Waals surface area contributed by atoms with Crippen molar-refractivity contribution in [2.24, 2.45) is 0 Å². The van der Waals surface area contributed by atoms with Crippen LogP contribution >= 0.6 is 0 Å². The lowest BCUT2D eigenvalue weighted by molar-refractivity contribution is 0.174. The van der Waals surface area contributed by atoms with Crippen molar-refractivity contribution in [1.82, 2.24) is 0 Å². The van der Waals surface area contributed by atoms with Gasteiger partial charge in [-0.3, -0.25) is 0 Å². The van der Waals surface area contributed by atoms with E-state index >= 15 is 0 Å². The lowest BCUT2D eigenvalue weighted by atomic mass is 9.83. The maximum Gasteiger partial charge on any atom is 0.231 e. The highest BCUT2D eigenvalue weighted by atomic mass is 16.7. The molecule has 1 aliphatic rings. The summed E-state index contributed by atoms with van der Waals surface area (Å²) >= 11 is 0. The molecule has 0 saturated heterocycles. The first kappa shape index (κ1) is 14.2. The zero-order chi connectivity index (χ0) is 13.8. The number of hydrogen-bond acceptors (Lipinski definition) is 2. The van der Waals surface area contributed by atoms with Gasteiger partial charge in [0.05, 0.1) is 0 Å². The van der Waals surface area contributed by atoms with Gasteiger partial charge >= 0.3 is 0 Å². The molecule has 0 aliphatic carbocycles. The van der Waals surface area contributed by atoms with E-state index in [9.17, 15) is 0 Å². The van der Waals surface area contributed by atoms with Gasteiger partial charge in [-0.2, -0.15) is 0 Å². The molecule has 1 aromatic rings. The molecule has 2 heteroatoms. The molecule has 1 aliphatic heterocycles. The molecular weight excluding hydrogens is 236 g/mol. The highest BCUT2D eigenvalue weighted by Crippen LogP contribution is 2.42. The topological polar surface area (TPSA) is 18.5 Å². The molecule has 2 rings (SSSR count). The third kappa shape index (κ3) is 2.88. The summed E-state index contributed by atoms with van der Waals surface area (Å²) in [6, 6.07) is 4.44. The Balaban J connectivity index is 2.43. The van der Waals surface area contributed by atoms with Crippen molar-refractivity contribution in [3.63, 3.8) is 0 Å². The molecule has 0 N–H and O–H groups in total. The van der Waals surface area contributed by atoms with Crippen molar-refractivity contribution in [2.75, 3.05) is 6.79 Å². The molecule has 0 spiro atoms. The SMILES string of the molecule is CCCC(CC)c1cc2c(cc1C(C)CC)OCO2. The lowest BCUT2D eigenvalue weighted by Gasteiger charge is -2.22. The van der Waals surface area contributed by atoms with Crippen LogP contribution in [0.1, 0.15) is 76.3 Å². The normalized spacial score (nSPS) is 16.4. The largest absolute Gasteiger partial charge is 0.454 e. The standard InChI is InChI=1S/C17H26O2/c1-5-8-13(7-3)15-10-17-16(18-11-19-17)9-14(15)12(4)6-2/h9-10,12-13H,5-8,11H2,1-4H3. The molecular formula is C17H26O2. The van der Waals surface area contributed by atoms with E-state index in [-0.39, 0.29) is 0 Å². The van der Waals surface area contributed by atoms with Gasteiger partial charge in [-0.05, 0) is 54.4 Å². The Labute approximate surface area is 117 Å². The molecule has 0 saturated carbocycles. The molecule has 2 unspecified atom stereocenters. The highest BCUT2D eigenvalue weighted by Gasteiger charge is 2.22. The molecule has 2 atom stereocenters. The van der Waals surface area contributed by atoms with Gasteiger partial charge in [0.25, 0.3) is 0 Å². The summed E-state index contributed by atoms with van der Waals surface area (Å²) < 4.78 is 11.1. The van der Waals surface area contributed by atoms with Crippen molar-refractivity contribution in [2.45, 2.75) is 65.2 Å². The summed E-state index contributed by atoms with van der Waals surface area (Å²) in [6.07, 6.45) is 4.83. The Hall–Kier alpha value is -1.18. The van der Waals surface area contributed by atoms with Gasteiger partial charge in [0.1, 0.15) is 0 Å². The van der Waals surface area contributed by atoms with Crippen LogP contribution < -0.4 is 9.47 Å². The van der Waals surface area contributed by atoms with Crippen LogP contribution in [0.2, 0.25) is 0 Å². The molecule has 1 heterocycles. The number of fused-ring (bicyclic) bond motifs is 1. The van der Waals surface area contributed by atoms with Crippen LogP contribution in [-0.4, -0.2) is 6.79 Å². The molecule has 0 bridgehead atoms. The molecule has 0 radical (unpaired) electrons. The Morgan fingerprint density at radius 1 is 1.00 bits per heavy atom. The predicted molar refractivity (Wildman–Crippen MR) is 79.2 cm³/mol. The maximum absolute atomic E-state index is 5.56. The van der Waals surface area contributed by atoms with E-state index in [1.165, 1.54) is 30.4 Å². The van der Waals surface area contributed by atoms with Crippen LogP contribution in [0.25, 0.3) is 0 Å². The summed E-state index contributed by atoms with van der Waals surface area (Å²) in [5, 5.41) is 0. The van der Waals surface area contributed by atoms with Gasteiger partial charge in [-0.15, -0.1) is 0 Å². The number of benzene rings is 1. The number of rotatable bonds is 6. The minimum Gasteiger partial charge on any atom is -0.454 e. The van der Waals surface area contributed by atoms with Crippen LogP contribution in [-0.2, 0) is 0 Å². The second-order valence-corrected chi connectivity index (χ2v) is 5.54. The Bertz CT molecular complexity index is 426. The van der Waals surface area contributed by atoms with Gasteiger partial charge in [-0.25, -0.2) is 0 Å². The van der Waals surface area contributed by atoms with Crippen LogP contribution in [0.3, 0.4) is 0 Å². The van der Waals surface area contributed by atoms with E-state index in [2.05, 4.69) is 39.8 Å². The second kappa shape index (κ2) is 6.31. The molecule has 0 fully saturated rings. The third-order valence-corrected chi connectivity index (χ3v) is 4.29. The van der Waals surface area contributed by atoms with Crippen molar-refractivity contribution >= 4 is 0 Å². The average Bonchev–Trinajstić information content (AvgIpc) is 2.89. The third-order valence-electron chi connectivity index (χ3n) is 4.29. The minimum atomic E-state index is 0.364. The van der Waals surface area contributed by atoms with Crippen molar-refractivity contribution in [1.29, 1.82) is 0 Å². The molecule has 2 nitrogen and oxygen atoms in total. The fourth-order valence-electron chi connectivity index (χ4n) is 2.90. The summed E-state index contributed by atoms with van der Waals surface area (Å²) in [5.74, 6) is 3.07. The molecule has 0 aromatic heterocycles. The minimum absolute atomic E-state index is 0.364.